The lowest BCUT2D eigenvalue weighted by atomic mass is 9.95. The topological polar surface area (TPSA) is 28.7 Å². The highest BCUT2D eigenvalue weighted by Crippen LogP contribution is 2.32. The summed E-state index contributed by atoms with van der Waals surface area (Å²) in [6.45, 7) is 13.0. The molecule has 0 aliphatic rings. The second-order valence-corrected chi connectivity index (χ2v) is 6.60. The number of aryl methyl sites for hydroxylation is 4. The van der Waals surface area contributed by atoms with Crippen LogP contribution < -0.4 is 0 Å². The molecule has 0 saturated heterocycles. The Morgan fingerprint density at radius 1 is 0.652 bits per heavy atom. The van der Waals surface area contributed by atoms with E-state index in [1.54, 1.807) is 6.33 Å². The first-order chi connectivity index (χ1) is 10.9. The van der Waals surface area contributed by atoms with Gasteiger partial charge in [0.15, 0.2) is 0 Å². The number of hydrogen-bond acceptors (Lipinski definition) is 1. The molecule has 3 aromatic rings. The maximum Gasteiger partial charge on any atom is 0.0961 e. The highest BCUT2D eigenvalue weighted by Gasteiger charge is 2.13. The third-order valence-corrected chi connectivity index (χ3v) is 5.06. The van der Waals surface area contributed by atoms with Gasteiger partial charge in [0.2, 0.25) is 0 Å². The zero-order valence-corrected chi connectivity index (χ0v) is 14.8. The molecule has 0 saturated carbocycles. The monoisotopic (exact) mass is 304 g/mol. The van der Waals surface area contributed by atoms with Crippen molar-refractivity contribution in [2.24, 2.45) is 0 Å². The Morgan fingerprint density at radius 3 is 1.57 bits per heavy atom. The van der Waals surface area contributed by atoms with Crippen molar-refractivity contribution in [3.8, 4) is 22.5 Å². The van der Waals surface area contributed by atoms with E-state index in [0.717, 1.165) is 11.4 Å². The normalized spacial score (nSPS) is 11.0. The highest BCUT2D eigenvalue weighted by molar-refractivity contribution is 5.79. The largest absolute Gasteiger partial charge is 0.344 e. The molecule has 1 heterocycles. The lowest BCUT2D eigenvalue weighted by Gasteiger charge is -2.11. The molecule has 0 aliphatic carbocycles. The van der Waals surface area contributed by atoms with Gasteiger partial charge in [-0.2, -0.15) is 0 Å². The van der Waals surface area contributed by atoms with Crippen molar-refractivity contribution < 1.29 is 0 Å². The van der Waals surface area contributed by atoms with E-state index in [0.29, 0.717) is 0 Å². The van der Waals surface area contributed by atoms with Crippen molar-refractivity contribution in [2.75, 3.05) is 0 Å². The summed E-state index contributed by atoms with van der Waals surface area (Å²) in [6.07, 6.45) is 1.79. The summed E-state index contributed by atoms with van der Waals surface area (Å²) in [5.41, 5.74) is 12.5. The fraction of sp³-hybridized carbons (Fsp3) is 0.286. The van der Waals surface area contributed by atoms with Crippen molar-refractivity contribution in [1.29, 1.82) is 0 Å². The lowest BCUT2D eigenvalue weighted by Crippen LogP contribution is -1.92. The first kappa shape index (κ1) is 15.5. The number of benzene rings is 2. The molecule has 2 aromatic carbocycles. The Bertz CT molecular complexity index is 767. The SMILES string of the molecule is Cc1cc(-c2nc[nH]c2-c2cc(C)c(C)c(C)c2)cc(C)c1C. The van der Waals surface area contributed by atoms with Crippen LogP contribution in [0.4, 0.5) is 0 Å². The van der Waals surface area contributed by atoms with Gasteiger partial charge in [0, 0.05) is 11.1 Å². The number of aromatic amines is 1. The van der Waals surface area contributed by atoms with Crippen molar-refractivity contribution in [2.45, 2.75) is 41.5 Å². The Kier molecular flexibility index (Phi) is 3.85. The predicted octanol–water partition coefficient (Wildman–Crippen LogP) is 5.59. The van der Waals surface area contributed by atoms with Gasteiger partial charge in [-0.05, 0) is 99.2 Å². The van der Waals surface area contributed by atoms with Crippen molar-refractivity contribution >= 4 is 0 Å². The van der Waals surface area contributed by atoms with Crippen LogP contribution in [0.5, 0.6) is 0 Å². The van der Waals surface area contributed by atoms with Crippen LogP contribution in [0.25, 0.3) is 22.5 Å². The molecule has 0 radical (unpaired) electrons. The Hall–Kier alpha value is -2.35. The van der Waals surface area contributed by atoms with Gasteiger partial charge in [-0.3, -0.25) is 0 Å². The molecule has 3 rings (SSSR count). The molecule has 0 unspecified atom stereocenters. The number of nitrogens with zero attached hydrogens (tertiary/aromatic N) is 1. The summed E-state index contributed by atoms with van der Waals surface area (Å²) in [5, 5.41) is 0. The standard InChI is InChI=1S/C21H24N2/c1-12-7-18(8-13(2)16(12)5)20-21(23-11-22-20)19-9-14(3)17(6)15(4)10-19/h7-11H,1-6H3,(H,22,23). The summed E-state index contributed by atoms with van der Waals surface area (Å²) in [7, 11) is 0. The molecule has 2 nitrogen and oxygen atoms in total. The van der Waals surface area contributed by atoms with Crippen LogP contribution in [-0.4, -0.2) is 9.97 Å². The van der Waals surface area contributed by atoms with E-state index in [1.165, 1.54) is 44.5 Å². The minimum Gasteiger partial charge on any atom is -0.344 e. The fourth-order valence-electron chi connectivity index (χ4n) is 3.09. The average molecular weight is 304 g/mol. The molecule has 0 aliphatic heterocycles. The molecule has 0 amide bonds. The quantitative estimate of drug-likeness (QED) is 0.656. The third kappa shape index (κ3) is 2.70. The van der Waals surface area contributed by atoms with Gasteiger partial charge in [-0.25, -0.2) is 4.98 Å². The van der Waals surface area contributed by atoms with Crippen molar-refractivity contribution in [1.82, 2.24) is 9.97 Å². The zero-order valence-electron chi connectivity index (χ0n) is 14.8. The maximum absolute atomic E-state index is 4.60. The fourth-order valence-corrected chi connectivity index (χ4v) is 3.09. The number of hydrogen-bond donors (Lipinski definition) is 1. The second-order valence-electron chi connectivity index (χ2n) is 6.60. The Labute approximate surface area is 138 Å². The number of aromatic nitrogens is 2. The van der Waals surface area contributed by atoms with Crippen molar-refractivity contribution in [3.05, 3.63) is 64.0 Å². The molecule has 0 bridgehead atoms. The summed E-state index contributed by atoms with van der Waals surface area (Å²) in [4.78, 5) is 7.94. The van der Waals surface area contributed by atoms with Gasteiger partial charge in [0.1, 0.15) is 0 Å². The van der Waals surface area contributed by atoms with E-state index in [2.05, 4.69) is 75.8 Å². The van der Waals surface area contributed by atoms with Crippen LogP contribution in [-0.2, 0) is 0 Å². The average Bonchev–Trinajstić information content (AvgIpc) is 2.98. The predicted molar refractivity (Wildman–Crippen MR) is 97.9 cm³/mol. The molecule has 0 fully saturated rings. The molecule has 118 valence electrons. The first-order valence-corrected chi connectivity index (χ1v) is 8.08. The first-order valence-electron chi connectivity index (χ1n) is 8.08. The zero-order chi connectivity index (χ0) is 16.7. The van der Waals surface area contributed by atoms with Crippen LogP contribution in [0, 0.1) is 41.5 Å². The molecule has 0 atom stereocenters. The maximum atomic E-state index is 4.60. The molecule has 23 heavy (non-hydrogen) atoms. The van der Waals surface area contributed by atoms with Gasteiger partial charge in [0.25, 0.3) is 0 Å². The highest BCUT2D eigenvalue weighted by atomic mass is 14.9. The summed E-state index contributed by atoms with van der Waals surface area (Å²) < 4.78 is 0. The van der Waals surface area contributed by atoms with Crippen LogP contribution in [0.1, 0.15) is 33.4 Å². The van der Waals surface area contributed by atoms with Gasteiger partial charge >= 0.3 is 0 Å². The Morgan fingerprint density at radius 2 is 1.09 bits per heavy atom. The minimum absolute atomic E-state index is 1.03. The lowest BCUT2D eigenvalue weighted by molar-refractivity contribution is 1.25. The van der Waals surface area contributed by atoms with E-state index < -0.39 is 0 Å². The molecule has 0 spiro atoms. The number of imidazole rings is 1. The molecule has 1 N–H and O–H groups in total. The van der Waals surface area contributed by atoms with Crippen molar-refractivity contribution in [3.63, 3.8) is 0 Å². The molecule has 2 heteroatoms. The van der Waals surface area contributed by atoms with Crippen LogP contribution >= 0.6 is 0 Å². The summed E-state index contributed by atoms with van der Waals surface area (Å²) >= 11 is 0. The minimum atomic E-state index is 1.03. The van der Waals surface area contributed by atoms with E-state index in [1.807, 2.05) is 0 Å². The molecular weight excluding hydrogens is 280 g/mol. The van der Waals surface area contributed by atoms with E-state index >= 15 is 0 Å². The molecule has 1 aromatic heterocycles. The van der Waals surface area contributed by atoms with E-state index in [9.17, 15) is 0 Å². The van der Waals surface area contributed by atoms with Crippen LogP contribution in [0.15, 0.2) is 30.6 Å². The van der Waals surface area contributed by atoms with Gasteiger partial charge in [-0.15, -0.1) is 0 Å². The van der Waals surface area contributed by atoms with E-state index in [4.69, 9.17) is 0 Å². The van der Waals surface area contributed by atoms with Crippen LogP contribution in [0.2, 0.25) is 0 Å². The number of nitrogens with one attached hydrogen (secondary N) is 1. The third-order valence-electron chi connectivity index (χ3n) is 5.06. The smallest absolute Gasteiger partial charge is 0.0961 e. The molecular formula is C21H24N2. The summed E-state index contributed by atoms with van der Waals surface area (Å²) in [5.74, 6) is 0. The second kappa shape index (κ2) is 5.69. The summed E-state index contributed by atoms with van der Waals surface area (Å²) in [6, 6.07) is 8.95. The van der Waals surface area contributed by atoms with E-state index in [-0.39, 0.29) is 0 Å². The van der Waals surface area contributed by atoms with Gasteiger partial charge < -0.3 is 4.98 Å². The van der Waals surface area contributed by atoms with Crippen LogP contribution in [0.3, 0.4) is 0 Å². The number of rotatable bonds is 2. The number of H-pyrrole nitrogens is 1. The van der Waals surface area contributed by atoms with Gasteiger partial charge in [0.05, 0.1) is 17.7 Å². The Balaban J connectivity index is 2.18. The van der Waals surface area contributed by atoms with Gasteiger partial charge in [-0.1, -0.05) is 0 Å².